The van der Waals surface area contributed by atoms with E-state index in [2.05, 4.69) is 15.5 Å². The van der Waals surface area contributed by atoms with Crippen molar-refractivity contribution in [2.24, 2.45) is 0 Å². The second-order valence-corrected chi connectivity index (χ2v) is 11.6. The Labute approximate surface area is 283 Å². The number of alkyl halides is 3. The van der Waals surface area contributed by atoms with Crippen LogP contribution in [-0.2, 0) is 6.18 Å². The van der Waals surface area contributed by atoms with Crippen molar-refractivity contribution in [3.05, 3.63) is 108 Å². The minimum absolute atomic E-state index is 0.0791. The van der Waals surface area contributed by atoms with Crippen molar-refractivity contribution < 1.29 is 41.1 Å². The standard InChI is InChI=1S/C29H10Cl5F5N4O4/c30-13-2-1-11(35)8-16(13)47-24-15(40-26(44)9-5-10(29(37,38)39)7-12(36)6-9)4-3-14-17(24)25(42-41-14)43-27(45)18-19(28(43)46)21(32)23(34)22(33)20(18)31/h1-8H,(H,40,44)(H,41,42). The van der Waals surface area contributed by atoms with Gasteiger partial charge in [0.25, 0.3) is 17.7 Å². The molecule has 5 aromatic rings. The molecule has 1 aromatic heterocycles. The third-order valence-electron chi connectivity index (χ3n) is 6.82. The highest BCUT2D eigenvalue weighted by molar-refractivity contribution is 6.56. The van der Waals surface area contributed by atoms with Crippen molar-refractivity contribution in [1.82, 2.24) is 10.2 Å². The molecule has 0 fully saturated rings. The molecule has 0 saturated heterocycles. The quantitative estimate of drug-likeness (QED) is 0.0806. The molecule has 3 amide bonds. The molecule has 0 atom stereocenters. The molecule has 240 valence electrons. The van der Waals surface area contributed by atoms with Gasteiger partial charge in [-0.25, -0.2) is 13.7 Å². The minimum atomic E-state index is -4.98. The molecule has 6 rings (SSSR count). The van der Waals surface area contributed by atoms with Gasteiger partial charge >= 0.3 is 6.18 Å². The molecule has 0 radical (unpaired) electrons. The van der Waals surface area contributed by atoms with Gasteiger partial charge < -0.3 is 10.1 Å². The minimum Gasteiger partial charge on any atom is -0.453 e. The van der Waals surface area contributed by atoms with Crippen LogP contribution in [0, 0.1) is 11.6 Å². The van der Waals surface area contributed by atoms with Crippen molar-refractivity contribution in [3.63, 3.8) is 0 Å². The zero-order chi connectivity index (χ0) is 34.1. The summed E-state index contributed by atoms with van der Waals surface area (Å²) in [5.41, 5.74) is -3.16. The fourth-order valence-corrected chi connectivity index (χ4v) is 5.89. The molecule has 8 nitrogen and oxygen atoms in total. The first-order chi connectivity index (χ1) is 22.1. The van der Waals surface area contributed by atoms with Crippen LogP contribution in [0.5, 0.6) is 11.5 Å². The average molecular weight is 751 g/mol. The molecule has 2 heterocycles. The first-order valence-corrected chi connectivity index (χ1v) is 14.5. The van der Waals surface area contributed by atoms with Crippen LogP contribution in [0.25, 0.3) is 10.9 Å². The van der Waals surface area contributed by atoms with Crippen LogP contribution in [-0.4, -0.2) is 27.9 Å². The van der Waals surface area contributed by atoms with E-state index < -0.39 is 58.2 Å². The van der Waals surface area contributed by atoms with Gasteiger partial charge in [-0.05, 0) is 42.5 Å². The Bertz CT molecular complexity index is 2160. The molecule has 2 N–H and O–H groups in total. The Morgan fingerprint density at radius 1 is 0.830 bits per heavy atom. The topological polar surface area (TPSA) is 104 Å². The number of ether oxygens (including phenoxy) is 1. The van der Waals surface area contributed by atoms with Gasteiger partial charge in [0.2, 0.25) is 0 Å². The molecule has 4 aromatic carbocycles. The van der Waals surface area contributed by atoms with E-state index in [1.165, 1.54) is 12.1 Å². The monoisotopic (exact) mass is 748 g/mol. The van der Waals surface area contributed by atoms with Gasteiger partial charge in [0.15, 0.2) is 11.6 Å². The highest BCUT2D eigenvalue weighted by atomic mass is 35.5. The fraction of sp³-hybridized carbons (Fsp3) is 0.0345. The molecule has 1 aliphatic heterocycles. The summed E-state index contributed by atoms with van der Waals surface area (Å²) in [5, 5.41) is 7.32. The molecule has 47 heavy (non-hydrogen) atoms. The Morgan fingerprint density at radius 3 is 2.09 bits per heavy atom. The first kappa shape index (κ1) is 32.8. The van der Waals surface area contributed by atoms with Gasteiger partial charge in [-0.2, -0.15) is 18.3 Å². The Kier molecular flexibility index (Phi) is 8.25. The van der Waals surface area contributed by atoms with Crippen LogP contribution >= 0.6 is 58.0 Å². The SMILES string of the molecule is O=C(Nc1ccc2[nH]nc(N3C(=O)c4c(Cl)c(Cl)c(Cl)c(Cl)c4C3=O)c2c1Oc1cc(F)ccc1Cl)c1cc(F)cc(C(F)(F)F)c1. The number of aromatic nitrogens is 2. The number of H-pyrrole nitrogens is 1. The predicted octanol–water partition coefficient (Wildman–Crippen LogP) is 9.97. The molecule has 0 spiro atoms. The van der Waals surface area contributed by atoms with E-state index in [1.54, 1.807) is 0 Å². The number of amides is 3. The van der Waals surface area contributed by atoms with Crippen LogP contribution in [0.1, 0.15) is 36.6 Å². The third-order valence-corrected chi connectivity index (χ3v) is 8.93. The van der Waals surface area contributed by atoms with E-state index in [4.69, 9.17) is 62.7 Å². The van der Waals surface area contributed by atoms with Crippen molar-refractivity contribution in [2.75, 3.05) is 10.2 Å². The number of rotatable bonds is 5. The number of aromatic amines is 1. The summed E-state index contributed by atoms with van der Waals surface area (Å²) in [4.78, 5) is 41.0. The van der Waals surface area contributed by atoms with Crippen LogP contribution < -0.4 is 15.0 Å². The maximum Gasteiger partial charge on any atom is 0.416 e. The summed E-state index contributed by atoms with van der Waals surface area (Å²) in [5.74, 6) is -6.60. The number of nitrogens with zero attached hydrogens (tertiary/aromatic N) is 2. The zero-order valence-corrected chi connectivity index (χ0v) is 26.2. The first-order valence-electron chi connectivity index (χ1n) is 12.7. The number of halogens is 10. The van der Waals surface area contributed by atoms with E-state index in [0.717, 1.165) is 18.2 Å². The summed E-state index contributed by atoms with van der Waals surface area (Å²) in [7, 11) is 0. The van der Waals surface area contributed by atoms with Crippen molar-refractivity contribution in [2.45, 2.75) is 6.18 Å². The Hall–Kier alpha value is -4.14. The molecular formula is C29H10Cl5F5N4O4. The average Bonchev–Trinajstić information content (AvgIpc) is 3.54. The molecule has 0 aliphatic carbocycles. The maximum absolute atomic E-state index is 14.2. The summed E-state index contributed by atoms with van der Waals surface area (Å²) in [6.45, 7) is 0. The molecule has 0 bridgehead atoms. The number of imide groups is 1. The highest BCUT2D eigenvalue weighted by Crippen LogP contribution is 2.48. The Balaban J connectivity index is 1.53. The van der Waals surface area contributed by atoms with E-state index in [9.17, 15) is 36.3 Å². The lowest BCUT2D eigenvalue weighted by Crippen LogP contribution is -2.30. The number of carbonyl (C=O) groups is 3. The lowest BCUT2D eigenvalue weighted by molar-refractivity contribution is -0.137. The molecule has 1 aliphatic rings. The van der Waals surface area contributed by atoms with Gasteiger partial charge in [0.1, 0.15) is 17.4 Å². The lowest BCUT2D eigenvalue weighted by Gasteiger charge is -2.17. The maximum atomic E-state index is 14.2. The third kappa shape index (κ3) is 5.61. The number of fused-ring (bicyclic) bond motifs is 2. The van der Waals surface area contributed by atoms with Gasteiger partial charge in [0.05, 0.1) is 58.4 Å². The van der Waals surface area contributed by atoms with Crippen molar-refractivity contribution >= 4 is 98.1 Å². The van der Waals surface area contributed by atoms with Crippen LogP contribution in [0.2, 0.25) is 25.1 Å². The van der Waals surface area contributed by atoms with E-state index in [1.807, 2.05) is 0 Å². The second-order valence-electron chi connectivity index (χ2n) is 9.72. The summed E-state index contributed by atoms with van der Waals surface area (Å²) in [6.07, 6.45) is -4.98. The fourth-order valence-electron chi connectivity index (χ4n) is 4.72. The summed E-state index contributed by atoms with van der Waals surface area (Å²) >= 11 is 31.0. The predicted molar refractivity (Wildman–Crippen MR) is 165 cm³/mol. The second kappa shape index (κ2) is 11.8. The molecular weight excluding hydrogens is 741 g/mol. The number of hydrogen-bond donors (Lipinski definition) is 2. The molecule has 0 unspecified atom stereocenters. The van der Waals surface area contributed by atoms with Crippen molar-refractivity contribution in [3.8, 4) is 11.5 Å². The van der Waals surface area contributed by atoms with Gasteiger partial charge in [-0.15, -0.1) is 0 Å². The largest absolute Gasteiger partial charge is 0.453 e. The number of benzene rings is 4. The molecule has 0 saturated carbocycles. The van der Waals surface area contributed by atoms with Crippen LogP contribution in [0.3, 0.4) is 0 Å². The number of nitrogens with one attached hydrogen (secondary N) is 2. The lowest BCUT2D eigenvalue weighted by atomic mass is 10.1. The van der Waals surface area contributed by atoms with Gasteiger partial charge in [-0.3, -0.25) is 19.5 Å². The Morgan fingerprint density at radius 2 is 1.47 bits per heavy atom. The van der Waals surface area contributed by atoms with E-state index in [0.29, 0.717) is 17.0 Å². The number of hydrogen-bond acceptors (Lipinski definition) is 5. The van der Waals surface area contributed by atoms with Crippen LogP contribution in [0.4, 0.5) is 33.5 Å². The van der Waals surface area contributed by atoms with E-state index >= 15 is 0 Å². The van der Waals surface area contributed by atoms with Crippen molar-refractivity contribution in [1.29, 1.82) is 0 Å². The normalized spacial score (nSPS) is 13.0. The van der Waals surface area contributed by atoms with Gasteiger partial charge in [0, 0.05) is 11.6 Å². The number of anilines is 2. The van der Waals surface area contributed by atoms with Crippen LogP contribution in [0.15, 0.2) is 48.5 Å². The smallest absolute Gasteiger partial charge is 0.416 e. The van der Waals surface area contributed by atoms with E-state index in [-0.39, 0.29) is 64.6 Å². The van der Waals surface area contributed by atoms with Gasteiger partial charge in [-0.1, -0.05) is 58.0 Å². The zero-order valence-electron chi connectivity index (χ0n) is 22.4. The summed E-state index contributed by atoms with van der Waals surface area (Å²) in [6, 6.07) is 6.76. The summed E-state index contributed by atoms with van der Waals surface area (Å²) < 4.78 is 74.3. The molecule has 18 heteroatoms. The highest BCUT2D eigenvalue weighted by Gasteiger charge is 2.44. The number of carbonyl (C=O) groups excluding carboxylic acids is 3.